The molecule has 0 heterocycles. The highest BCUT2D eigenvalue weighted by Gasteiger charge is 2.29. The van der Waals surface area contributed by atoms with Gasteiger partial charge in [0, 0.05) is 12.1 Å². The SMILES string of the molecule is CC(C)C(O)[C@@H](C=O)NC(=O)[C@H](Cc1cccc(NC(=O)OC(C)(C)C)c1)NC(=O)OCc1ccccc1. The molecular weight excluding hydrogens is 490 g/mol. The topological polar surface area (TPSA) is 143 Å². The maximum absolute atomic E-state index is 13.1. The van der Waals surface area contributed by atoms with E-state index < -0.39 is 41.9 Å². The monoisotopic (exact) mass is 527 g/mol. The van der Waals surface area contributed by atoms with Crippen LogP contribution in [0.4, 0.5) is 15.3 Å². The maximum atomic E-state index is 13.1. The van der Waals surface area contributed by atoms with Crippen LogP contribution in [0.5, 0.6) is 0 Å². The van der Waals surface area contributed by atoms with Crippen molar-refractivity contribution < 1.29 is 33.8 Å². The maximum Gasteiger partial charge on any atom is 0.412 e. The average Bonchev–Trinajstić information content (AvgIpc) is 2.84. The van der Waals surface area contributed by atoms with Gasteiger partial charge in [-0.05, 0) is 49.9 Å². The number of alkyl carbamates (subject to hydrolysis) is 1. The van der Waals surface area contributed by atoms with Gasteiger partial charge in [0.1, 0.15) is 30.6 Å². The van der Waals surface area contributed by atoms with E-state index in [-0.39, 0.29) is 18.9 Å². The van der Waals surface area contributed by atoms with Crippen LogP contribution < -0.4 is 16.0 Å². The fourth-order valence-electron chi connectivity index (χ4n) is 3.43. The summed E-state index contributed by atoms with van der Waals surface area (Å²) in [5.41, 5.74) is 1.13. The van der Waals surface area contributed by atoms with E-state index in [1.54, 1.807) is 71.0 Å². The van der Waals surface area contributed by atoms with E-state index in [2.05, 4.69) is 16.0 Å². The largest absolute Gasteiger partial charge is 0.445 e. The molecule has 1 unspecified atom stereocenters. The number of benzene rings is 2. The number of amides is 3. The molecule has 10 nitrogen and oxygen atoms in total. The molecule has 0 aliphatic carbocycles. The first-order valence-corrected chi connectivity index (χ1v) is 12.4. The molecule has 0 aromatic heterocycles. The lowest BCUT2D eigenvalue weighted by molar-refractivity contribution is -0.127. The first kappa shape index (κ1) is 30.3. The van der Waals surface area contributed by atoms with Crippen LogP contribution in [0.1, 0.15) is 45.7 Å². The number of rotatable bonds is 11. The molecule has 206 valence electrons. The van der Waals surface area contributed by atoms with Gasteiger partial charge in [0.15, 0.2) is 0 Å². The third kappa shape index (κ3) is 10.6. The number of aliphatic hydroxyl groups excluding tert-OH is 1. The number of anilines is 1. The number of carbonyl (C=O) groups is 4. The zero-order chi connectivity index (χ0) is 28.3. The highest BCUT2D eigenvalue weighted by molar-refractivity contribution is 5.88. The summed E-state index contributed by atoms with van der Waals surface area (Å²) in [4.78, 5) is 49.4. The molecule has 3 atom stereocenters. The van der Waals surface area contributed by atoms with Crippen LogP contribution in [-0.2, 0) is 32.1 Å². The highest BCUT2D eigenvalue weighted by atomic mass is 16.6. The third-order valence-electron chi connectivity index (χ3n) is 5.34. The van der Waals surface area contributed by atoms with E-state index in [0.717, 1.165) is 5.56 Å². The van der Waals surface area contributed by atoms with Gasteiger partial charge in [-0.2, -0.15) is 0 Å². The van der Waals surface area contributed by atoms with Gasteiger partial charge in [-0.25, -0.2) is 9.59 Å². The van der Waals surface area contributed by atoms with Crippen molar-refractivity contribution in [2.75, 3.05) is 5.32 Å². The second-order valence-corrected chi connectivity index (χ2v) is 10.2. The van der Waals surface area contributed by atoms with Gasteiger partial charge in [-0.1, -0.05) is 56.3 Å². The van der Waals surface area contributed by atoms with Gasteiger partial charge in [0.05, 0.1) is 6.10 Å². The fourth-order valence-corrected chi connectivity index (χ4v) is 3.43. The number of nitrogens with one attached hydrogen (secondary N) is 3. The molecule has 2 rings (SSSR count). The van der Waals surface area contributed by atoms with Crippen LogP contribution in [0, 0.1) is 5.92 Å². The lowest BCUT2D eigenvalue weighted by Crippen LogP contribution is -2.54. The van der Waals surface area contributed by atoms with E-state index in [1.807, 2.05) is 18.2 Å². The molecule has 2 aromatic carbocycles. The molecule has 38 heavy (non-hydrogen) atoms. The quantitative estimate of drug-likeness (QED) is 0.327. The Hall–Kier alpha value is -3.92. The fraction of sp³-hybridized carbons (Fsp3) is 0.429. The molecule has 0 radical (unpaired) electrons. The lowest BCUT2D eigenvalue weighted by Gasteiger charge is -2.25. The molecular formula is C28H37N3O7. The van der Waals surface area contributed by atoms with Gasteiger partial charge < -0.3 is 30.0 Å². The van der Waals surface area contributed by atoms with Gasteiger partial charge in [-0.15, -0.1) is 0 Å². The molecule has 0 saturated carbocycles. The summed E-state index contributed by atoms with van der Waals surface area (Å²) < 4.78 is 10.5. The Labute approximate surface area is 223 Å². The second kappa shape index (κ2) is 14.1. The number of aliphatic hydroxyl groups is 1. The minimum absolute atomic E-state index is 0.000663. The predicted molar refractivity (Wildman–Crippen MR) is 142 cm³/mol. The number of carbonyl (C=O) groups excluding carboxylic acids is 4. The zero-order valence-electron chi connectivity index (χ0n) is 22.4. The van der Waals surface area contributed by atoms with Gasteiger partial charge in [0.25, 0.3) is 0 Å². The normalized spacial score (nSPS) is 13.6. The Kier molecular flexibility index (Phi) is 11.3. The smallest absolute Gasteiger partial charge is 0.412 e. The standard InChI is InChI=1S/C28H37N3O7/c1-18(2)24(33)23(16-32)30-25(34)22(31-26(35)37-17-19-10-7-6-8-11-19)15-20-12-9-13-21(14-20)29-27(36)38-28(3,4)5/h6-14,16,18,22-24,33H,15,17H2,1-5H3,(H,29,36)(H,30,34)(H,31,35)/t22-,23+,24?/m0/s1. The molecule has 0 bridgehead atoms. The van der Waals surface area contributed by atoms with Crippen molar-refractivity contribution in [1.82, 2.24) is 10.6 Å². The molecule has 3 amide bonds. The van der Waals surface area contributed by atoms with E-state index in [1.165, 1.54) is 0 Å². The molecule has 10 heteroatoms. The summed E-state index contributed by atoms with van der Waals surface area (Å²) in [5.74, 6) is -0.965. The Morgan fingerprint density at radius 2 is 1.61 bits per heavy atom. The van der Waals surface area contributed by atoms with Gasteiger partial charge in [-0.3, -0.25) is 10.1 Å². The number of hydrogen-bond donors (Lipinski definition) is 4. The van der Waals surface area contributed by atoms with Crippen molar-refractivity contribution in [3.05, 3.63) is 65.7 Å². The van der Waals surface area contributed by atoms with E-state index in [4.69, 9.17) is 9.47 Å². The van der Waals surface area contributed by atoms with Crippen LogP contribution in [0.2, 0.25) is 0 Å². The third-order valence-corrected chi connectivity index (χ3v) is 5.34. The van der Waals surface area contributed by atoms with E-state index in [0.29, 0.717) is 17.5 Å². The van der Waals surface area contributed by atoms with E-state index in [9.17, 15) is 24.3 Å². The predicted octanol–water partition coefficient (Wildman–Crippen LogP) is 3.57. The average molecular weight is 528 g/mol. The summed E-state index contributed by atoms with van der Waals surface area (Å²) in [6.07, 6.45) is -2.10. The Morgan fingerprint density at radius 3 is 2.21 bits per heavy atom. The van der Waals surface area contributed by atoms with Crippen LogP contribution in [0.15, 0.2) is 54.6 Å². The molecule has 4 N–H and O–H groups in total. The van der Waals surface area contributed by atoms with Crippen LogP contribution in [0.25, 0.3) is 0 Å². The van der Waals surface area contributed by atoms with Crippen molar-refractivity contribution in [1.29, 1.82) is 0 Å². The van der Waals surface area contributed by atoms with Crippen LogP contribution in [-0.4, -0.2) is 53.3 Å². The summed E-state index contributed by atoms with van der Waals surface area (Å²) in [6, 6.07) is 13.4. The molecule has 0 aliphatic rings. The highest BCUT2D eigenvalue weighted by Crippen LogP contribution is 2.16. The van der Waals surface area contributed by atoms with Crippen molar-refractivity contribution in [3.8, 4) is 0 Å². The van der Waals surface area contributed by atoms with Gasteiger partial charge >= 0.3 is 12.2 Å². The molecule has 0 fully saturated rings. The minimum Gasteiger partial charge on any atom is -0.445 e. The Balaban J connectivity index is 2.17. The first-order valence-electron chi connectivity index (χ1n) is 12.4. The molecule has 0 aliphatic heterocycles. The van der Waals surface area contributed by atoms with Crippen molar-refractivity contribution in [3.63, 3.8) is 0 Å². The Bertz CT molecular complexity index is 1080. The lowest BCUT2D eigenvalue weighted by atomic mass is 9.99. The number of ether oxygens (including phenoxy) is 2. The Morgan fingerprint density at radius 1 is 0.947 bits per heavy atom. The van der Waals surface area contributed by atoms with Gasteiger partial charge in [0.2, 0.25) is 5.91 Å². The minimum atomic E-state index is -1.16. The van der Waals surface area contributed by atoms with Crippen LogP contribution >= 0.6 is 0 Å². The summed E-state index contributed by atoms with van der Waals surface area (Å²) in [7, 11) is 0. The van der Waals surface area contributed by atoms with Crippen molar-refractivity contribution in [2.24, 2.45) is 5.92 Å². The molecule has 2 aromatic rings. The van der Waals surface area contributed by atoms with Crippen molar-refractivity contribution >= 4 is 30.1 Å². The summed E-state index contributed by atoms with van der Waals surface area (Å²) in [6.45, 7) is 8.67. The van der Waals surface area contributed by atoms with Crippen molar-refractivity contribution in [2.45, 2.75) is 71.4 Å². The zero-order valence-corrected chi connectivity index (χ0v) is 22.4. The summed E-state index contributed by atoms with van der Waals surface area (Å²) in [5, 5.41) is 18.0. The van der Waals surface area contributed by atoms with Crippen LogP contribution in [0.3, 0.4) is 0 Å². The van der Waals surface area contributed by atoms with E-state index >= 15 is 0 Å². The second-order valence-electron chi connectivity index (χ2n) is 10.2. The first-order chi connectivity index (χ1) is 17.9. The summed E-state index contributed by atoms with van der Waals surface area (Å²) >= 11 is 0. The molecule has 0 spiro atoms. The number of hydrogen-bond acceptors (Lipinski definition) is 7. The molecule has 0 saturated heterocycles. The number of aldehydes is 1.